The van der Waals surface area contributed by atoms with Crippen LogP contribution in [-0.2, 0) is 0 Å². The van der Waals surface area contributed by atoms with E-state index in [0.29, 0.717) is 11.4 Å². The van der Waals surface area contributed by atoms with Gasteiger partial charge in [0.15, 0.2) is 17.1 Å². The molecule has 26 heavy (non-hydrogen) atoms. The van der Waals surface area contributed by atoms with Crippen molar-refractivity contribution < 1.29 is 9.47 Å². The number of benzene rings is 1. The molecule has 0 aliphatic heterocycles. The minimum absolute atomic E-state index is 0.0380. The molecule has 9 heteroatoms. The lowest BCUT2D eigenvalue weighted by molar-refractivity contribution is 0.355. The van der Waals surface area contributed by atoms with E-state index >= 15 is 0 Å². The predicted molar refractivity (Wildman–Crippen MR) is 102 cm³/mol. The number of nitrogens with one attached hydrogen (secondary N) is 2. The number of aromatic amines is 1. The molecule has 0 radical (unpaired) electrons. The zero-order chi connectivity index (χ0) is 18.1. The van der Waals surface area contributed by atoms with Crippen LogP contribution < -0.4 is 20.5 Å². The molecule has 2 heterocycles. The highest BCUT2D eigenvalue weighted by atomic mass is 32.2. The van der Waals surface area contributed by atoms with Crippen LogP contribution in [-0.4, -0.2) is 45.4 Å². The maximum atomic E-state index is 5.79. The van der Waals surface area contributed by atoms with Crippen molar-refractivity contribution in [3.05, 3.63) is 24.5 Å². The third-order valence-electron chi connectivity index (χ3n) is 4.40. The van der Waals surface area contributed by atoms with Crippen molar-refractivity contribution >= 4 is 34.6 Å². The van der Waals surface area contributed by atoms with Gasteiger partial charge in [-0.25, -0.2) is 9.97 Å². The molecule has 0 saturated heterocycles. The molecule has 0 amide bonds. The lowest BCUT2D eigenvalue weighted by Crippen LogP contribution is -2.24. The summed E-state index contributed by atoms with van der Waals surface area (Å²) < 4.78 is 10.7. The fourth-order valence-electron chi connectivity index (χ4n) is 2.81. The molecule has 1 fully saturated rings. The van der Waals surface area contributed by atoms with Gasteiger partial charge in [0, 0.05) is 23.0 Å². The quantitative estimate of drug-likeness (QED) is 0.429. The number of rotatable bonds is 7. The first kappa shape index (κ1) is 16.8. The molecule has 1 saturated carbocycles. The summed E-state index contributed by atoms with van der Waals surface area (Å²) in [6, 6.07) is 5.87. The lowest BCUT2D eigenvalue weighted by atomic mass is 10.2. The number of nitrogens with two attached hydrogens (primary N) is 1. The van der Waals surface area contributed by atoms with E-state index < -0.39 is 0 Å². The van der Waals surface area contributed by atoms with Gasteiger partial charge in [-0.3, -0.25) is 0 Å². The van der Waals surface area contributed by atoms with Gasteiger partial charge < -0.3 is 25.5 Å². The molecule has 0 unspecified atom stereocenters. The molecular formula is C17H20N6O2S. The average molecular weight is 372 g/mol. The molecule has 2 aromatic heterocycles. The molecule has 1 aliphatic carbocycles. The topological polar surface area (TPSA) is 111 Å². The van der Waals surface area contributed by atoms with Crippen LogP contribution in [0.5, 0.6) is 11.5 Å². The standard InChI is InChI=1S/C17H20N6O2S/c1-24-11-4-3-10(7-12(11)25-2)23-17(5-6-17)8-26-15-13-14(20-9-19-13)21-16(18)22-15/h3-4,7,9,23H,5-6,8H2,1-2H3,(H3,18,19,20,21,22). The average Bonchev–Trinajstić information content (AvgIpc) is 3.24. The Morgan fingerprint density at radius 3 is 2.77 bits per heavy atom. The summed E-state index contributed by atoms with van der Waals surface area (Å²) in [6.45, 7) is 0. The Labute approximate surface area is 154 Å². The third-order valence-corrected chi connectivity index (χ3v) is 5.67. The zero-order valence-electron chi connectivity index (χ0n) is 14.6. The molecule has 0 spiro atoms. The third kappa shape index (κ3) is 3.22. The highest BCUT2D eigenvalue weighted by Gasteiger charge is 2.43. The fraction of sp³-hybridized carbons (Fsp3) is 0.353. The van der Waals surface area contributed by atoms with Crippen LogP contribution in [0.2, 0.25) is 0 Å². The van der Waals surface area contributed by atoms with Gasteiger partial charge in [0.25, 0.3) is 0 Å². The van der Waals surface area contributed by atoms with Crippen molar-refractivity contribution in [3.8, 4) is 11.5 Å². The minimum Gasteiger partial charge on any atom is -0.493 e. The van der Waals surface area contributed by atoms with E-state index in [1.165, 1.54) is 0 Å². The van der Waals surface area contributed by atoms with Crippen molar-refractivity contribution in [1.82, 2.24) is 19.9 Å². The number of ether oxygens (including phenoxy) is 2. The lowest BCUT2D eigenvalue weighted by Gasteiger charge is -2.19. The SMILES string of the molecule is COc1ccc(NC2(CSc3nc(N)nc4nc[nH]c34)CC2)cc1OC. The zero-order valence-corrected chi connectivity index (χ0v) is 15.4. The summed E-state index contributed by atoms with van der Waals surface area (Å²) >= 11 is 1.65. The van der Waals surface area contributed by atoms with Gasteiger partial charge in [-0.2, -0.15) is 4.98 Å². The Morgan fingerprint density at radius 1 is 1.23 bits per heavy atom. The molecule has 8 nitrogen and oxygen atoms in total. The molecule has 3 aromatic rings. The number of hydrogen-bond donors (Lipinski definition) is 3. The molecular weight excluding hydrogens is 352 g/mol. The summed E-state index contributed by atoms with van der Waals surface area (Å²) in [5, 5.41) is 4.45. The van der Waals surface area contributed by atoms with Crippen LogP contribution in [0.15, 0.2) is 29.6 Å². The summed E-state index contributed by atoms with van der Waals surface area (Å²) in [5.74, 6) is 2.54. The number of fused-ring (bicyclic) bond motifs is 1. The second kappa shape index (κ2) is 6.56. The number of nitrogen functional groups attached to an aromatic ring is 1. The summed E-state index contributed by atoms with van der Waals surface area (Å²) in [6.07, 6.45) is 3.81. The molecule has 1 aromatic carbocycles. The van der Waals surface area contributed by atoms with Crippen LogP contribution in [0, 0.1) is 0 Å². The maximum absolute atomic E-state index is 5.79. The second-order valence-corrected chi connectivity index (χ2v) is 7.22. The molecule has 0 atom stereocenters. The number of thioether (sulfide) groups is 1. The van der Waals surface area contributed by atoms with Gasteiger partial charge in [-0.1, -0.05) is 0 Å². The first-order chi connectivity index (χ1) is 12.6. The van der Waals surface area contributed by atoms with Gasteiger partial charge in [0.1, 0.15) is 10.5 Å². The summed E-state index contributed by atoms with van der Waals surface area (Å²) in [5.41, 5.74) is 8.26. The van der Waals surface area contributed by atoms with E-state index in [9.17, 15) is 0 Å². The maximum Gasteiger partial charge on any atom is 0.223 e. The summed E-state index contributed by atoms with van der Waals surface area (Å²) in [7, 11) is 3.27. The number of nitrogens with zero attached hydrogens (tertiary/aromatic N) is 3. The number of methoxy groups -OCH3 is 2. The predicted octanol–water partition coefficient (Wildman–Crippen LogP) is 2.69. The summed E-state index contributed by atoms with van der Waals surface area (Å²) in [4.78, 5) is 15.7. The molecule has 4 rings (SSSR count). The first-order valence-electron chi connectivity index (χ1n) is 8.22. The Morgan fingerprint density at radius 2 is 2.04 bits per heavy atom. The van der Waals surface area contributed by atoms with E-state index in [1.807, 2.05) is 18.2 Å². The number of hydrogen-bond acceptors (Lipinski definition) is 8. The second-order valence-electron chi connectivity index (χ2n) is 6.25. The van der Waals surface area contributed by atoms with Crippen molar-refractivity contribution in [3.63, 3.8) is 0 Å². The van der Waals surface area contributed by atoms with Crippen LogP contribution in [0.4, 0.5) is 11.6 Å². The number of anilines is 2. The first-order valence-corrected chi connectivity index (χ1v) is 9.21. The van der Waals surface area contributed by atoms with Gasteiger partial charge >= 0.3 is 0 Å². The van der Waals surface area contributed by atoms with Crippen LogP contribution in [0.3, 0.4) is 0 Å². The number of aromatic nitrogens is 4. The Balaban J connectivity index is 1.49. The van der Waals surface area contributed by atoms with E-state index in [4.69, 9.17) is 15.2 Å². The number of H-pyrrole nitrogens is 1. The number of imidazole rings is 1. The largest absolute Gasteiger partial charge is 0.493 e. The van der Waals surface area contributed by atoms with Crippen molar-refractivity contribution in [2.75, 3.05) is 31.0 Å². The van der Waals surface area contributed by atoms with Crippen molar-refractivity contribution in [2.24, 2.45) is 0 Å². The van der Waals surface area contributed by atoms with Crippen LogP contribution in [0.1, 0.15) is 12.8 Å². The smallest absolute Gasteiger partial charge is 0.223 e. The Bertz CT molecular complexity index is 940. The van der Waals surface area contributed by atoms with Crippen LogP contribution >= 0.6 is 11.8 Å². The highest BCUT2D eigenvalue weighted by Crippen LogP contribution is 2.44. The van der Waals surface area contributed by atoms with E-state index in [-0.39, 0.29) is 11.5 Å². The highest BCUT2D eigenvalue weighted by molar-refractivity contribution is 7.99. The normalized spacial score (nSPS) is 15.0. The van der Waals surface area contributed by atoms with E-state index in [2.05, 4.69) is 25.3 Å². The molecule has 1 aliphatic rings. The molecule has 136 valence electrons. The monoisotopic (exact) mass is 372 g/mol. The van der Waals surface area contributed by atoms with Gasteiger partial charge in [-0.05, 0) is 25.0 Å². The Hall–Kier alpha value is -2.68. The van der Waals surface area contributed by atoms with Crippen LogP contribution in [0.25, 0.3) is 11.2 Å². The fourth-order valence-corrected chi connectivity index (χ4v) is 4.04. The van der Waals surface area contributed by atoms with E-state index in [0.717, 1.165) is 40.6 Å². The molecule has 4 N–H and O–H groups in total. The van der Waals surface area contributed by atoms with Crippen molar-refractivity contribution in [1.29, 1.82) is 0 Å². The van der Waals surface area contributed by atoms with Gasteiger partial charge in [0.05, 0.1) is 20.5 Å². The molecule has 0 bridgehead atoms. The Kier molecular flexibility index (Phi) is 4.23. The van der Waals surface area contributed by atoms with E-state index in [1.54, 1.807) is 32.3 Å². The van der Waals surface area contributed by atoms with Gasteiger partial charge in [0.2, 0.25) is 5.95 Å². The van der Waals surface area contributed by atoms with Crippen molar-refractivity contribution in [2.45, 2.75) is 23.4 Å². The van der Waals surface area contributed by atoms with Gasteiger partial charge in [-0.15, -0.1) is 11.8 Å². The minimum atomic E-state index is 0.0380.